The molecule has 0 spiro atoms. The fraction of sp³-hybridized carbons (Fsp3) is 0.447. The normalized spacial score (nSPS) is 19.7. The molecule has 2 N–H and O–H groups in total. The standard InChI is InChI=1S/C38H45N5O13/c1-8-14-38(37(50)51-20-27-12-10-9-11-13-27)17-29(52-23(4)44)32(42-31(48)19-41-43-39)35(56-38)34(55-26(7)47)30(53-24(5)45)18-40-36(49)28-15-21(2)33(22(3)16-28)54-25(6)46/h8-13,15-16,29-30,32,34-35H,1,14,17-20H2,2-7H3,(H,40,49)(H,42,48)/t29-,30+,32+,34+,35+,38+/m0/s1. The highest BCUT2D eigenvalue weighted by Gasteiger charge is 2.57. The maximum Gasteiger partial charge on any atom is 0.339 e. The van der Waals surface area contributed by atoms with Crippen LogP contribution in [0.2, 0.25) is 0 Å². The van der Waals surface area contributed by atoms with Gasteiger partial charge in [-0.25, -0.2) is 4.79 Å². The smallest absolute Gasteiger partial charge is 0.339 e. The predicted molar refractivity (Wildman–Crippen MR) is 195 cm³/mol. The number of ether oxygens (including phenoxy) is 6. The minimum absolute atomic E-state index is 0.139. The Hall–Kier alpha value is -6.26. The van der Waals surface area contributed by atoms with Crippen LogP contribution in [-0.2, 0) is 59.1 Å². The van der Waals surface area contributed by atoms with Crippen molar-refractivity contribution >= 4 is 41.7 Å². The van der Waals surface area contributed by atoms with E-state index in [1.807, 2.05) is 0 Å². The number of carbonyl (C=O) groups excluding carboxylic acids is 7. The van der Waals surface area contributed by atoms with Crippen molar-refractivity contribution < 1.29 is 62.0 Å². The SMILES string of the molecule is C=CC[C@]1(C(=O)OCc2ccccc2)C[C@H](OC(C)=O)[C@@H](NC(=O)CN=[N+]=[N-])[C@H]([C@H](OC(C)=O)[C@@H](CNC(=O)c2cc(C)c(OC(C)=O)c(C)c2)OC(C)=O)O1. The Bertz CT molecular complexity index is 1840. The van der Waals surface area contributed by atoms with Gasteiger partial charge >= 0.3 is 29.8 Å². The summed E-state index contributed by atoms with van der Waals surface area (Å²) in [5.41, 5.74) is 8.57. The van der Waals surface area contributed by atoms with Crippen molar-refractivity contribution in [1.29, 1.82) is 0 Å². The molecular formula is C38H45N5O13. The van der Waals surface area contributed by atoms with Crippen LogP contribution in [0.15, 0.2) is 60.2 Å². The first-order chi connectivity index (χ1) is 26.5. The number of nitrogens with zero attached hydrogens (tertiary/aromatic N) is 3. The third kappa shape index (κ3) is 12.4. The highest BCUT2D eigenvalue weighted by Crippen LogP contribution is 2.38. The molecule has 3 rings (SSSR count). The van der Waals surface area contributed by atoms with Crippen LogP contribution in [0.5, 0.6) is 5.75 Å². The van der Waals surface area contributed by atoms with E-state index in [4.69, 9.17) is 34.0 Å². The Kier molecular flexibility index (Phi) is 16.1. The molecule has 0 aromatic heterocycles. The van der Waals surface area contributed by atoms with Crippen LogP contribution < -0.4 is 15.4 Å². The van der Waals surface area contributed by atoms with Crippen molar-refractivity contribution in [3.8, 4) is 5.75 Å². The zero-order valence-corrected chi connectivity index (χ0v) is 31.9. The predicted octanol–water partition coefficient (Wildman–Crippen LogP) is 3.40. The zero-order valence-electron chi connectivity index (χ0n) is 31.9. The Morgan fingerprint density at radius 2 is 1.62 bits per heavy atom. The second-order valence-corrected chi connectivity index (χ2v) is 12.9. The number of azide groups is 1. The number of hydrogen-bond donors (Lipinski definition) is 2. The molecule has 1 aliphatic heterocycles. The van der Waals surface area contributed by atoms with Gasteiger partial charge in [-0.05, 0) is 48.2 Å². The maximum atomic E-state index is 14.1. The number of rotatable bonds is 17. The molecule has 56 heavy (non-hydrogen) atoms. The van der Waals surface area contributed by atoms with Crippen LogP contribution >= 0.6 is 0 Å². The average molecular weight is 780 g/mol. The molecule has 0 unspecified atom stereocenters. The summed E-state index contributed by atoms with van der Waals surface area (Å²) in [7, 11) is 0. The van der Waals surface area contributed by atoms with E-state index >= 15 is 0 Å². The Balaban J connectivity index is 2.15. The maximum absolute atomic E-state index is 14.1. The van der Waals surface area contributed by atoms with E-state index in [0.29, 0.717) is 16.7 Å². The van der Waals surface area contributed by atoms with E-state index < -0.39 is 97.2 Å². The largest absolute Gasteiger partial charge is 0.460 e. The van der Waals surface area contributed by atoms with E-state index in [1.165, 1.54) is 25.1 Å². The summed E-state index contributed by atoms with van der Waals surface area (Å²) in [4.78, 5) is 92.7. The van der Waals surface area contributed by atoms with Crippen LogP contribution in [-0.4, -0.2) is 90.8 Å². The quantitative estimate of drug-likeness (QED) is 0.0445. The third-order valence-corrected chi connectivity index (χ3v) is 8.37. The van der Waals surface area contributed by atoms with E-state index in [9.17, 15) is 33.6 Å². The molecular weight excluding hydrogens is 734 g/mol. The summed E-state index contributed by atoms with van der Waals surface area (Å²) in [6.45, 7) is 10.0. The molecule has 1 saturated heterocycles. The lowest BCUT2D eigenvalue weighted by molar-refractivity contribution is -0.240. The first kappa shape index (κ1) is 44.1. The van der Waals surface area contributed by atoms with Gasteiger partial charge in [-0.1, -0.05) is 41.5 Å². The Morgan fingerprint density at radius 1 is 0.982 bits per heavy atom. The molecule has 18 nitrogen and oxygen atoms in total. The van der Waals surface area contributed by atoms with Crippen LogP contribution in [0.1, 0.15) is 67.6 Å². The van der Waals surface area contributed by atoms with Gasteiger partial charge in [0.2, 0.25) is 5.91 Å². The molecule has 0 aliphatic carbocycles. The van der Waals surface area contributed by atoms with Crippen molar-refractivity contribution in [2.24, 2.45) is 5.11 Å². The van der Waals surface area contributed by atoms with E-state index in [1.54, 1.807) is 44.2 Å². The van der Waals surface area contributed by atoms with E-state index in [0.717, 1.165) is 20.8 Å². The number of benzene rings is 2. The molecule has 0 radical (unpaired) electrons. The highest BCUT2D eigenvalue weighted by atomic mass is 16.6. The molecule has 300 valence electrons. The lowest BCUT2D eigenvalue weighted by Gasteiger charge is -2.49. The van der Waals surface area contributed by atoms with Gasteiger partial charge in [-0.3, -0.25) is 28.8 Å². The van der Waals surface area contributed by atoms with Gasteiger partial charge in [-0.15, -0.1) is 6.58 Å². The van der Waals surface area contributed by atoms with Crippen molar-refractivity contribution in [3.05, 3.63) is 87.8 Å². The van der Waals surface area contributed by atoms with Gasteiger partial charge in [0.05, 0.1) is 12.6 Å². The molecule has 1 fully saturated rings. The lowest BCUT2D eigenvalue weighted by Crippen LogP contribution is -2.69. The summed E-state index contributed by atoms with van der Waals surface area (Å²) < 4.78 is 34.4. The van der Waals surface area contributed by atoms with Crippen molar-refractivity contribution in [1.82, 2.24) is 10.6 Å². The monoisotopic (exact) mass is 779 g/mol. The van der Waals surface area contributed by atoms with Gasteiger partial charge < -0.3 is 39.1 Å². The van der Waals surface area contributed by atoms with Gasteiger partial charge in [0.15, 0.2) is 17.8 Å². The van der Waals surface area contributed by atoms with Crippen LogP contribution in [0, 0.1) is 13.8 Å². The van der Waals surface area contributed by atoms with Gasteiger partial charge in [-0.2, -0.15) is 0 Å². The first-order valence-electron chi connectivity index (χ1n) is 17.4. The molecule has 0 bridgehead atoms. The van der Waals surface area contributed by atoms with Crippen molar-refractivity contribution in [3.63, 3.8) is 0 Å². The second-order valence-electron chi connectivity index (χ2n) is 12.9. The molecule has 1 heterocycles. The molecule has 0 saturated carbocycles. The summed E-state index contributed by atoms with van der Waals surface area (Å²) >= 11 is 0. The molecule has 18 heteroatoms. The molecule has 6 atom stereocenters. The average Bonchev–Trinajstić information content (AvgIpc) is 3.12. The number of aryl methyl sites for hydroxylation is 2. The number of esters is 5. The third-order valence-electron chi connectivity index (χ3n) is 8.37. The Morgan fingerprint density at radius 3 is 2.18 bits per heavy atom. The van der Waals surface area contributed by atoms with Gasteiger partial charge in [0, 0.05) is 51.0 Å². The second kappa shape index (κ2) is 20.4. The highest BCUT2D eigenvalue weighted by molar-refractivity contribution is 5.95. The minimum atomic E-state index is -1.99. The first-order valence-corrected chi connectivity index (χ1v) is 17.4. The molecule has 2 aromatic rings. The van der Waals surface area contributed by atoms with Crippen molar-refractivity contribution in [2.75, 3.05) is 13.1 Å². The molecule has 2 aromatic carbocycles. The van der Waals surface area contributed by atoms with Crippen molar-refractivity contribution in [2.45, 2.75) is 97.0 Å². The zero-order chi connectivity index (χ0) is 41.6. The molecule has 2 amide bonds. The topological polar surface area (TPSA) is 248 Å². The Labute approximate surface area is 322 Å². The summed E-state index contributed by atoms with van der Waals surface area (Å²) in [5, 5.41) is 8.49. The summed E-state index contributed by atoms with van der Waals surface area (Å²) in [6, 6.07) is 10.2. The number of nitrogens with one attached hydrogen (secondary N) is 2. The van der Waals surface area contributed by atoms with Crippen LogP contribution in [0.3, 0.4) is 0 Å². The number of amides is 2. The lowest BCUT2D eigenvalue weighted by atomic mass is 9.81. The fourth-order valence-electron chi connectivity index (χ4n) is 6.25. The van der Waals surface area contributed by atoms with Crippen LogP contribution in [0.25, 0.3) is 10.4 Å². The summed E-state index contributed by atoms with van der Waals surface area (Å²) in [5.74, 6) is -5.38. The van der Waals surface area contributed by atoms with E-state index in [-0.39, 0.29) is 24.3 Å². The van der Waals surface area contributed by atoms with E-state index in [2.05, 4.69) is 27.2 Å². The number of carbonyl (C=O) groups is 7. The minimum Gasteiger partial charge on any atom is -0.460 e. The summed E-state index contributed by atoms with van der Waals surface area (Å²) in [6.07, 6.45) is -5.64. The number of hydrogen-bond acceptors (Lipinski definition) is 14. The molecule has 1 aliphatic rings. The van der Waals surface area contributed by atoms with Gasteiger partial charge in [0.25, 0.3) is 5.91 Å². The van der Waals surface area contributed by atoms with Crippen LogP contribution in [0.4, 0.5) is 0 Å². The fourth-order valence-corrected chi connectivity index (χ4v) is 6.25. The van der Waals surface area contributed by atoms with Gasteiger partial charge in [0.1, 0.15) is 31.1 Å².